The zero-order chi connectivity index (χ0) is 14.8. The molecule has 2 fully saturated rings. The number of nitrogens with one attached hydrogen (secondary N) is 1. The lowest BCUT2D eigenvalue weighted by molar-refractivity contribution is -0.130. The molecule has 1 aliphatic heterocycles. The van der Waals surface area contributed by atoms with Crippen LogP contribution in [-0.2, 0) is 11.2 Å². The molecule has 21 heavy (non-hydrogen) atoms. The van der Waals surface area contributed by atoms with E-state index in [0.29, 0.717) is 17.9 Å². The Morgan fingerprint density at radius 3 is 2.57 bits per heavy atom. The van der Waals surface area contributed by atoms with E-state index in [0.717, 1.165) is 19.3 Å². The molecule has 1 aromatic rings. The van der Waals surface area contributed by atoms with Crippen molar-refractivity contribution in [2.75, 3.05) is 0 Å². The SMILES string of the molecule is CC(C)CC1NC(CCc2ccccc2)C(=O)N1C1CC1. The fourth-order valence-electron chi connectivity index (χ4n) is 3.30. The van der Waals surface area contributed by atoms with Gasteiger partial charge >= 0.3 is 0 Å². The maximum atomic E-state index is 12.7. The van der Waals surface area contributed by atoms with Gasteiger partial charge in [-0.3, -0.25) is 10.1 Å². The fraction of sp³-hybridized carbons (Fsp3) is 0.611. The van der Waals surface area contributed by atoms with Crippen LogP contribution in [0.4, 0.5) is 0 Å². The molecule has 3 nitrogen and oxygen atoms in total. The van der Waals surface area contributed by atoms with Gasteiger partial charge in [0.1, 0.15) is 0 Å². The topological polar surface area (TPSA) is 32.3 Å². The summed E-state index contributed by atoms with van der Waals surface area (Å²) in [7, 11) is 0. The van der Waals surface area contributed by atoms with Crippen LogP contribution >= 0.6 is 0 Å². The summed E-state index contributed by atoms with van der Waals surface area (Å²) < 4.78 is 0. The molecule has 2 unspecified atom stereocenters. The van der Waals surface area contributed by atoms with E-state index in [1.54, 1.807) is 0 Å². The molecule has 2 atom stereocenters. The van der Waals surface area contributed by atoms with Crippen molar-refractivity contribution in [2.45, 2.75) is 64.2 Å². The molecule has 1 heterocycles. The molecule has 3 heteroatoms. The number of benzene rings is 1. The zero-order valence-corrected chi connectivity index (χ0v) is 13.1. The van der Waals surface area contributed by atoms with Gasteiger partial charge in [-0.2, -0.15) is 0 Å². The van der Waals surface area contributed by atoms with Crippen molar-refractivity contribution in [3.8, 4) is 0 Å². The van der Waals surface area contributed by atoms with E-state index in [1.165, 1.54) is 18.4 Å². The summed E-state index contributed by atoms with van der Waals surface area (Å²) in [4.78, 5) is 14.8. The number of amides is 1. The quantitative estimate of drug-likeness (QED) is 0.872. The third kappa shape index (κ3) is 3.46. The third-order valence-corrected chi connectivity index (χ3v) is 4.48. The van der Waals surface area contributed by atoms with Crippen LogP contribution in [0.1, 0.15) is 45.1 Å². The Morgan fingerprint density at radius 1 is 1.24 bits per heavy atom. The Morgan fingerprint density at radius 2 is 1.95 bits per heavy atom. The van der Waals surface area contributed by atoms with Crippen LogP contribution in [0.3, 0.4) is 0 Å². The predicted molar refractivity (Wildman–Crippen MR) is 84.8 cm³/mol. The molecule has 1 aliphatic carbocycles. The molecule has 2 aliphatic rings. The third-order valence-electron chi connectivity index (χ3n) is 4.48. The van der Waals surface area contributed by atoms with E-state index in [-0.39, 0.29) is 12.2 Å². The first kappa shape index (κ1) is 14.6. The van der Waals surface area contributed by atoms with Crippen molar-refractivity contribution in [2.24, 2.45) is 5.92 Å². The van der Waals surface area contributed by atoms with Gasteiger partial charge in [-0.25, -0.2) is 0 Å². The lowest BCUT2D eigenvalue weighted by Crippen LogP contribution is -2.39. The van der Waals surface area contributed by atoms with Crippen molar-refractivity contribution >= 4 is 5.91 Å². The number of aryl methyl sites for hydroxylation is 1. The van der Waals surface area contributed by atoms with Crippen LogP contribution < -0.4 is 5.32 Å². The lowest BCUT2D eigenvalue weighted by Gasteiger charge is -2.25. The maximum absolute atomic E-state index is 12.7. The molecular formula is C18H26N2O. The van der Waals surface area contributed by atoms with Gasteiger partial charge < -0.3 is 4.90 Å². The minimum absolute atomic E-state index is 0.00885. The van der Waals surface area contributed by atoms with Crippen molar-refractivity contribution < 1.29 is 4.79 Å². The Bertz CT molecular complexity index is 481. The van der Waals surface area contributed by atoms with Gasteiger partial charge in [0.15, 0.2) is 0 Å². The molecule has 1 N–H and O–H groups in total. The van der Waals surface area contributed by atoms with Gasteiger partial charge in [-0.05, 0) is 43.6 Å². The van der Waals surface area contributed by atoms with E-state index in [9.17, 15) is 4.79 Å². The van der Waals surface area contributed by atoms with Gasteiger partial charge in [0.05, 0.1) is 12.2 Å². The van der Waals surface area contributed by atoms with Crippen LogP contribution in [0.15, 0.2) is 30.3 Å². The number of rotatable bonds is 6. The molecule has 1 amide bonds. The van der Waals surface area contributed by atoms with Crippen LogP contribution in [0.5, 0.6) is 0 Å². The van der Waals surface area contributed by atoms with Crippen molar-refractivity contribution in [1.82, 2.24) is 10.2 Å². The molecule has 1 aromatic carbocycles. The molecule has 0 aromatic heterocycles. The highest BCUT2D eigenvalue weighted by atomic mass is 16.2. The summed E-state index contributed by atoms with van der Waals surface area (Å²) in [6.45, 7) is 4.46. The fourth-order valence-corrected chi connectivity index (χ4v) is 3.30. The number of carbonyl (C=O) groups excluding carboxylic acids is 1. The summed E-state index contributed by atoms with van der Waals surface area (Å²) in [6, 6.07) is 11.0. The summed E-state index contributed by atoms with van der Waals surface area (Å²) in [5.74, 6) is 0.948. The molecule has 0 spiro atoms. The smallest absolute Gasteiger partial charge is 0.241 e. The highest BCUT2D eigenvalue weighted by molar-refractivity contribution is 5.85. The van der Waals surface area contributed by atoms with Gasteiger partial charge in [0.2, 0.25) is 5.91 Å². The monoisotopic (exact) mass is 286 g/mol. The van der Waals surface area contributed by atoms with Crippen molar-refractivity contribution in [3.63, 3.8) is 0 Å². The molecule has 1 saturated heterocycles. The van der Waals surface area contributed by atoms with Crippen LogP contribution in [0, 0.1) is 5.92 Å². The predicted octanol–water partition coefficient (Wildman–Crippen LogP) is 2.95. The second-order valence-electron chi connectivity index (χ2n) is 6.87. The van der Waals surface area contributed by atoms with E-state index < -0.39 is 0 Å². The van der Waals surface area contributed by atoms with Gasteiger partial charge in [-0.15, -0.1) is 0 Å². The summed E-state index contributed by atoms with van der Waals surface area (Å²) in [5.41, 5.74) is 1.32. The van der Waals surface area contributed by atoms with Crippen LogP contribution in [0.25, 0.3) is 0 Å². The summed E-state index contributed by atoms with van der Waals surface area (Å²) in [6.07, 6.45) is 5.56. The van der Waals surface area contributed by atoms with Crippen LogP contribution in [-0.4, -0.2) is 29.1 Å². The average molecular weight is 286 g/mol. The second kappa shape index (κ2) is 6.18. The van der Waals surface area contributed by atoms with Crippen molar-refractivity contribution in [1.29, 1.82) is 0 Å². The van der Waals surface area contributed by atoms with E-state index in [2.05, 4.69) is 48.3 Å². The molecule has 1 saturated carbocycles. The Balaban J connectivity index is 1.62. The van der Waals surface area contributed by atoms with Gasteiger partial charge in [0, 0.05) is 6.04 Å². The number of hydrogen-bond donors (Lipinski definition) is 1. The standard InChI is InChI=1S/C18H26N2O/c1-13(2)12-17-19-16(18(21)20(17)15-9-10-15)11-8-14-6-4-3-5-7-14/h3-7,13,15-17,19H,8-12H2,1-2H3. The summed E-state index contributed by atoms with van der Waals surface area (Å²) >= 11 is 0. The first-order chi connectivity index (χ1) is 10.1. The highest BCUT2D eigenvalue weighted by Crippen LogP contribution is 2.33. The minimum atomic E-state index is 0.00885. The Labute approximate surface area is 127 Å². The number of nitrogens with zero attached hydrogens (tertiary/aromatic N) is 1. The van der Waals surface area contributed by atoms with Crippen molar-refractivity contribution in [3.05, 3.63) is 35.9 Å². The van der Waals surface area contributed by atoms with E-state index >= 15 is 0 Å². The zero-order valence-electron chi connectivity index (χ0n) is 13.1. The number of carbonyl (C=O) groups is 1. The maximum Gasteiger partial charge on any atom is 0.241 e. The molecule has 0 radical (unpaired) electrons. The molecule has 3 rings (SSSR count). The van der Waals surface area contributed by atoms with E-state index in [1.807, 2.05) is 6.07 Å². The van der Waals surface area contributed by atoms with E-state index in [4.69, 9.17) is 0 Å². The normalized spacial score (nSPS) is 25.9. The minimum Gasteiger partial charge on any atom is -0.323 e. The Hall–Kier alpha value is -1.35. The lowest BCUT2D eigenvalue weighted by atomic mass is 10.1. The number of hydrogen-bond acceptors (Lipinski definition) is 2. The second-order valence-corrected chi connectivity index (χ2v) is 6.87. The van der Waals surface area contributed by atoms with Crippen LogP contribution in [0.2, 0.25) is 0 Å². The highest BCUT2D eigenvalue weighted by Gasteiger charge is 2.45. The summed E-state index contributed by atoms with van der Waals surface area (Å²) in [5, 5.41) is 3.59. The van der Waals surface area contributed by atoms with Gasteiger partial charge in [0.25, 0.3) is 0 Å². The molecule has 0 bridgehead atoms. The molecular weight excluding hydrogens is 260 g/mol. The Kier molecular flexibility index (Phi) is 4.29. The largest absolute Gasteiger partial charge is 0.323 e. The average Bonchev–Trinajstić information content (AvgIpc) is 3.24. The molecule has 114 valence electrons. The first-order valence-electron chi connectivity index (χ1n) is 8.27. The first-order valence-corrected chi connectivity index (χ1v) is 8.27. The van der Waals surface area contributed by atoms with Gasteiger partial charge in [-0.1, -0.05) is 44.2 Å².